The van der Waals surface area contributed by atoms with Crippen molar-refractivity contribution in [3.63, 3.8) is 0 Å². The van der Waals surface area contributed by atoms with Crippen molar-refractivity contribution in [2.75, 3.05) is 32.8 Å². The summed E-state index contributed by atoms with van der Waals surface area (Å²) in [7, 11) is 0. The Bertz CT molecular complexity index is 315. The topological polar surface area (TPSA) is 38.5 Å². The average molecular weight is 234 g/mol. The number of ether oxygens (including phenoxy) is 1. The van der Waals surface area contributed by atoms with Gasteiger partial charge in [-0.1, -0.05) is 18.2 Å². The molecule has 1 aliphatic rings. The van der Waals surface area contributed by atoms with Gasteiger partial charge in [-0.25, -0.2) is 0 Å². The molecule has 0 radical (unpaired) electrons. The predicted molar refractivity (Wildman–Crippen MR) is 70.2 cm³/mol. The van der Waals surface area contributed by atoms with E-state index in [4.69, 9.17) is 10.5 Å². The van der Waals surface area contributed by atoms with Gasteiger partial charge in [0.15, 0.2) is 0 Å². The number of likely N-dealkylation sites (tertiary alicyclic amines) is 1. The van der Waals surface area contributed by atoms with E-state index in [0.29, 0.717) is 5.92 Å². The maximum Gasteiger partial charge on any atom is 0.119 e. The lowest BCUT2D eigenvalue weighted by atomic mass is 9.98. The third-order valence-corrected chi connectivity index (χ3v) is 3.36. The lowest BCUT2D eigenvalue weighted by Crippen LogP contribution is -2.40. The molecule has 1 unspecified atom stereocenters. The minimum Gasteiger partial charge on any atom is -0.492 e. The molecule has 0 aliphatic carbocycles. The van der Waals surface area contributed by atoms with Crippen molar-refractivity contribution in [2.45, 2.75) is 12.8 Å². The van der Waals surface area contributed by atoms with Crippen molar-refractivity contribution < 1.29 is 4.74 Å². The van der Waals surface area contributed by atoms with Crippen LogP contribution in [0.3, 0.4) is 0 Å². The number of nitrogens with zero attached hydrogens (tertiary/aromatic N) is 1. The van der Waals surface area contributed by atoms with Crippen LogP contribution in [-0.2, 0) is 0 Å². The first kappa shape index (κ1) is 12.4. The minimum absolute atomic E-state index is 0.681. The molecule has 3 nitrogen and oxygen atoms in total. The van der Waals surface area contributed by atoms with Crippen LogP contribution >= 0.6 is 0 Å². The van der Waals surface area contributed by atoms with Gasteiger partial charge in [-0.15, -0.1) is 0 Å². The van der Waals surface area contributed by atoms with Crippen molar-refractivity contribution in [1.29, 1.82) is 0 Å². The summed E-state index contributed by atoms with van der Waals surface area (Å²) in [5, 5.41) is 0. The number of benzene rings is 1. The van der Waals surface area contributed by atoms with E-state index < -0.39 is 0 Å². The molecule has 1 aromatic carbocycles. The molecule has 0 spiro atoms. The van der Waals surface area contributed by atoms with Gasteiger partial charge in [0.25, 0.3) is 0 Å². The van der Waals surface area contributed by atoms with Gasteiger partial charge in [-0.2, -0.15) is 0 Å². The molecule has 17 heavy (non-hydrogen) atoms. The summed E-state index contributed by atoms with van der Waals surface area (Å²) < 4.78 is 5.70. The zero-order valence-electron chi connectivity index (χ0n) is 10.3. The summed E-state index contributed by atoms with van der Waals surface area (Å²) in [6.07, 6.45) is 2.56. The van der Waals surface area contributed by atoms with Crippen molar-refractivity contribution >= 4 is 0 Å². The van der Waals surface area contributed by atoms with E-state index in [1.807, 2.05) is 30.3 Å². The normalized spacial score (nSPS) is 21.4. The second-order valence-electron chi connectivity index (χ2n) is 4.71. The van der Waals surface area contributed by atoms with Gasteiger partial charge in [0.1, 0.15) is 12.4 Å². The van der Waals surface area contributed by atoms with Gasteiger partial charge in [0.2, 0.25) is 0 Å². The lowest BCUT2D eigenvalue weighted by molar-refractivity contribution is 0.149. The minimum atomic E-state index is 0.681. The van der Waals surface area contributed by atoms with Crippen molar-refractivity contribution in [2.24, 2.45) is 11.7 Å². The van der Waals surface area contributed by atoms with E-state index in [1.54, 1.807) is 0 Å². The predicted octanol–water partition coefficient (Wildman–Crippen LogP) is 1.74. The van der Waals surface area contributed by atoms with Gasteiger partial charge in [-0.05, 0) is 44.0 Å². The van der Waals surface area contributed by atoms with E-state index in [9.17, 15) is 0 Å². The number of piperidine rings is 1. The largest absolute Gasteiger partial charge is 0.492 e. The number of hydrogen-bond acceptors (Lipinski definition) is 3. The Morgan fingerprint density at radius 2 is 2.12 bits per heavy atom. The second kappa shape index (κ2) is 6.62. The zero-order valence-corrected chi connectivity index (χ0v) is 10.3. The van der Waals surface area contributed by atoms with E-state index in [2.05, 4.69) is 4.90 Å². The van der Waals surface area contributed by atoms with Crippen molar-refractivity contribution in [1.82, 2.24) is 4.90 Å². The highest BCUT2D eigenvalue weighted by Crippen LogP contribution is 2.15. The number of para-hydroxylation sites is 1. The summed E-state index contributed by atoms with van der Waals surface area (Å²) in [5.74, 6) is 1.64. The summed E-state index contributed by atoms with van der Waals surface area (Å²) in [4.78, 5) is 2.46. The van der Waals surface area contributed by atoms with Crippen LogP contribution in [0.15, 0.2) is 30.3 Å². The van der Waals surface area contributed by atoms with Crippen LogP contribution in [0.5, 0.6) is 5.75 Å². The smallest absolute Gasteiger partial charge is 0.119 e. The van der Waals surface area contributed by atoms with Gasteiger partial charge in [0.05, 0.1) is 0 Å². The fourth-order valence-corrected chi connectivity index (χ4v) is 2.36. The Morgan fingerprint density at radius 1 is 1.29 bits per heavy atom. The molecule has 0 amide bonds. The molecule has 1 atom stereocenters. The molecule has 2 rings (SSSR count). The Hall–Kier alpha value is -1.06. The molecule has 1 aromatic rings. The first-order valence-electron chi connectivity index (χ1n) is 6.49. The molecular formula is C14H22N2O. The number of rotatable bonds is 5. The van der Waals surface area contributed by atoms with Crippen LogP contribution < -0.4 is 10.5 Å². The first-order chi connectivity index (χ1) is 8.38. The molecule has 1 aliphatic heterocycles. The molecule has 1 fully saturated rings. The third kappa shape index (κ3) is 4.02. The van der Waals surface area contributed by atoms with Crippen LogP contribution in [0.4, 0.5) is 0 Å². The molecule has 1 heterocycles. The van der Waals surface area contributed by atoms with Crippen molar-refractivity contribution in [3.8, 4) is 5.75 Å². The first-order valence-corrected chi connectivity index (χ1v) is 6.49. The van der Waals surface area contributed by atoms with E-state index in [-0.39, 0.29) is 0 Å². The van der Waals surface area contributed by atoms with Crippen LogP contribution in [0.25, 0.3) is 0 Å². The Morgan fingerprint density at radius 3 is 2.88 bits per heavy atom. The molecule has 1 saturated heterocycles. The quantitative estimate of drug-likeness (QED) is 0.843. The van der Waals surface area contributed by atoms with Crippen molar-refractivity contribution in [3.05, 3.63) is 30.3 Å². The maximum atomic E-state index is 5.73. The van der Waals surface area contributed by atoms with E-state index in [1.165, 1.54) is 19.4 Å². The van der Waals surface area contributed by atoms with Crippen LogP contribution in [0.2, 0.25) is 0 Å². The SMILES string of the molecule is NCC1CCCN(CCOc2ccccc2)C1. The van der Waals surface area contributed by atoms with E-state index in [0.717, 1.165) is 32.0 Å². The number of nitrogens with two attached hydrogens (primary N) is 1. The summed E-state index contributed by atoms with van der Waals surface area (Å²) in [6.45, 7) is 4.91. The molecule has 0 saturated carbocycles. The van der Waals surface area contributed by atoms with Gasteiger partial charge < -0.3 is 10.5 Å². The molecule has 2 N–H and O–H groups in total. The fraction of sp³-hybridized carbons (Fsp3) is 0.571. The summed E-state index contributed by atoms with van der Waals surface area (Å²) in [6, 6.07) is 10.0. The zero-order chi connectivity index (χ0) is 11.9. The van der Waals surface area contributed by atoms with E-state index >= 15 is 0 Å². The molecule has 3 heteroatoms. The maximum absolute atomic E-state index is 5.73. The average Bonchev–Trinajstić information content (AvgIpc) is 2.40. The molecule has 0 aromatic heterocycles. The lowest BCUT2D eigenvalue weighted by Gasteiger charge is -2.31. The summed E-state index contributed by atoms with van der Waals surface area (Å²) >= 11 is 0. The monoisotopic (exact) mass is 234 g/mol. The highest BCUT2D eigenvalue weighted by molar-refractivity contribution is 5.20. The van der Waals surface area contributed by atoms with Gasteiger partial charge in [-0.3, -0.25) is 4.90 Å². The Labute approximate surface area is 104 Å². The Kier molecular flexibility index (Phi) is 4.83. The highest BCUT2D eigenvalue weighted by atomic mass is 16.5. The highest BCUT2D eigenvalue weighted by Gasteiger charge is 2.18. The second-order valence-corrected chi connectivity index (χ2v) is 4.71. The number of hydrogen-bond donors (Lipinski definition) is 1. The van der Waals surface area contributed by atoms with Gasteiger partial charge in [0, 0.05) is 13.1 Å². The fourth-order valence-electron chi connectivity index (χ4n) is 2.36. The third-order valence-electron chi connectivity index (χ3n) is 3.36. The van der Waals surface area contributed by atoms with Crippen LogP contribution in [0, 0.1) is 5.92 Å². The van der Waals surface area contributed by atoms with Crippen LogP contribution in [-0.4, -0.2) is 37.7 Å². The van der Waals surface area contributed by atoms with Crippen LogP contribution in [0.1, 0.15) is 12.8 Å². The summed E-state index contributed by atoms with van der Waals surface area (Å²) in [5.41, 5.74) is 5.73. The Balaban J connectivity index is 1.68. The standard InChI is InChI=1S/C14H22N2O/c15-11-13-5-4-8-16(12-13)9-10-17-14-6-2-1-3-7-14/h1-3,6-7,13H,4-5,8-12,15H2. The van der Waals surface area contributed by atoms with Gasteiger partial charge >= 0.3 is 0 Å². The molecular weight excluding hydrogens is 212 g/mol. The molecule has 0 bridgehead atoms. The molecule has 94 valence electrons.